The van der Waals surface area contributed by atoms with Crippen LogP contribution in [0.15, 0.2) is 47.5 Å². The Morgan fingerprint density at radius 3 is 2.82 bits per heavy atom. The van der Waals surface area contributed by atoms with E-state index in [0.29, 0.717) is 25.3 Å². The van der Waals surface area contributed by atoms with E-state index in [1.54, 1.807) is 24.3 Å². The van der Waals surface area contributed by atoms with Gasteiger partial charge in [0.2, 0.25) is 5.91 Å². The second-order valence-electron chi connectivity index (χ2n) is 6.89. The number of amidine groups is 1. The molecule has 0 aliphatic heterocycles. The van der Waals surface area contributed by atoms with Gasteiger partial charge in [0.25, 0.3) is 0 Å². The van der Waals surface area contributed by atoms with Crippen molar-refractivity contribution < 1.29 is 19.0 Å². The van der Waals surface area contributed by atoms with Gasteiger partial charge in [-0.3, -0.25) is 4.79 Å². The van der Waals surface area contributed by atoms with E-state index in [1.807, 2.05) is 31.0 Å². The summed E-state index contributed by atoms with van der Waals surface area (Å²) in [5.74, 6) is -0.657. The van der Waals surface area contributed by atoms with Crippen LogP contribution in [0.4, 0.5) is 10.1 Å². The molecule has 0 saturated heterocycles. The van der Waals surface area contributed by atoms with E-state index in [-0.39, 0.29) is 11.6 Å². The number of carbonyl (C=O) groups excluding carboxylic acids is 1. The zero-order valence-corrected chi connectivity index (χ0v) is 15.9. The van der Waals surface area contributed by atoms with Crippen molar-refractivity contribution in [1.82, 2.24) is 4.90 Å². The average molecular weight is 385 g/mol. The summed E-state index contributed by atoms with van der Waals surface area (Å²) in [6, 6.07) is 11.8. The van der Waals surface area contributed by atoms with Crippen molar-refractivity contribution in [3.63, 3.8) is 0 Å². The highest BCUT2D eigenvalue weighted by Crippen LogP contribution is 2.35. The average Bonchev–Trinajstić information content (AvgIpc) is 2.98. The highest BCUT2D eigenvalue weighted by atomic mass is 19.1. The number of nitrogens with zero attached hydrogens (tertiary/aromatic N) is 2. The van der Waals surface area contributed by atoms with Gasteiger partial charge in [0.1, 0.15) is 12.4 Å². The molecule has 0 saturated carbocycles. The zero-order chi connectivity index (χ0) is 20.3. The SMILES string of the molecule is CC(=Nc1ccc2c(c1)[C@@H](C(N)=O)[C@H](O)C2)N(C)CCOc1ccccc1F. The third kappa shape index (κ3) is 4.31. The quantitative estimate of drug-likeness (QED) is 0.590. The number of para-hydroxylation sites is 1. The molecule has 0 radical (unpaired) electrons. The summed E-state index contributed by atoms with van der Waals surface area (Å²) in [6.45, 7) is 2.69. The van der Waals surface area contributed by atoms with Crippen LogP contribution in [0.2, 0.25) is 0 Å². The molecule has 1 aliphatic carbocycles. The van der Waals surface area contributed by atoms with Crippen LogP contribution in [0.5, 0.6) is 5.75 Å². The van der Waals surface area contributed by atoms with E-state index in [0.717, 1.165) is 17.0 Å². The standard InChI is InChI=1S/C21H24FN3O3/c1-13(25(2)9-10-28-19-6-4-3-5-17(19)22)24-15-8-7-14-11-18(26)20(21(23)27)16(14)12-15/h3-8,12,18,20,26H,9-11H2,1-2H3,(H2,23,27)/t18-,20-/m1/s1. The van der Waals surface area contributed by atoms with Crippen molar-refractivity contribution in [3.05, 3.63) is 59.4 Å². The maximum Gasteiger partial charge on any atom is 0.227 e. The molecule has 1 aliphatic rings. The van der Waals surface area contributed by atoms with Crippen LogP contribution in [0.25, 0.3) is 0 Å². The van der Waals surface area contributed by atoms with Crippen molar-refractivity contribution in [2.45, 2.75) is 25.4 Å². The first-order valence-electron chi connectivity index (χ1n) is 9.10. The first-order chi connectivity index (χ1) is 13.4. The van der Waals surface area contributed by atoms with Crippen molar-refractivity contribution in [1.29, 1.82) is 0 Å². The van der Waals surface area contributed by atoms with Crippen molar-refractivity contribution >= 4 is 17.4 Å². The Bertz CT molecular complexity index is 900. The summed E-state index contributed by atoms with van der Waals surface area (Å²) in [6.07, 6.45) is -0.370. The van der Waals surface area contributed by atoms with E-state index in [1.165, 1.54) is 6.07 Å². The van der Waals surface area contributed by atoms with Gasteiger partial charge in [-0.1, -0.05) is 18.2 Å². The molecule has 28 heavy (non-hydrogen) atoms. The summed E-state index contributed by atoms with van der Waals surface area (Å²) >= 11 is 0. The van der Waals surface area contributed by atoms with Crippen LogP contribution in [0.1, 0.15) is 24.0 Å². The number of hydrogen-bond donors (Lipinski definition) is 2. The first-order valence-corrected chi connectivity index (χ1v) is 9.10. The Labute approximate surface area is 163 Å². The molecule has 148 valence electrons. The van der Waals surface area contributed by atoms with E-state index in [2.05, 4.69) is 4.99 Å². The molecule has 0 fully saturated rings. The van der Waals surface area contributed by atoms with Gasteiger partial charge in [-0.25, -0.2) is 9.38 Å². The minimum atomic E-state index is -0.786. The fourth-order valence-electron chi connectivity index (χ4n) is 3.31. The number of fused-ring (bicyclic) bond motifs is 1. The molecule has 0 unspecified atom stereocenters. The number of rotatable bonds is 6. The minimum absolute atomic E-state index is 0.222. The molecule has 0 heterocycles. The maximum absolute atomic E-state index is 13.6. The second kappa shape index (κ2) is 8.39. The molecule has 6 nitrogen and oxygen atoms in total. The number of aliphatic imine (C=N–C) groups is 1. The lowest BCUT2D eigenvalue weighted by atomic mass is 9.99. The number of benzene rings is 2. The van der Waals surface area contributed by atoms with Crippen LogP contribution in [-0.4, -0.2) is 48.1 Å². The van der Waals surface area contributed by atoms with Gasteiger partial charge in [-0.05, 0) is 48.7 Å². The van der Waals surface area contributed by atoms with Gasteiger partial charge in [-0.15, -0.1) is 0 Å². The van der Waals surface area contributed by atoms with E-state index < -0.39 is 17.9 Å². The number of hydrogen-bond acceptors (Lipinski definition) is 4. The van der Waals surface area contributed by atoms with E-state index in [4.69, 9.17) is 10.5 Å². The zero-order valence-electron chi connectivity index (χ0n) is 15.9. The normalized spacial score (nSPS) is 18.6. The Morgan fingerprint density at radius 2 is 2.11 bits per heavy atom. The molecule has 2 aromatic carbocycles. The summed E-state index contributed by atoms with van der Waals surface area (Å²) < 4.78 is 19.0. The van der Waals surface area contributed by atoms with Gasteiger partial charge in [0.05, 0.1) is 24.3 Å². The van der Waals surface area contributed by atoms with Crippen molar-refractivity contribution in [2.24, 2.45) is 10.7 Å². The van der Waals surface area contributed by atoms with E-state index in [9.17, 15) is 14.3 Å². The lowest BCUT2D eigenvalue weighted by molar-refractivity contribution is -0.121. The number of halogens is 1. The van der Waals surface area contributed by atoms with Crippen LogP contribution in [0, 0.1) is 5.82 Å². The van der Waals surface area contributed by atoms with Crippen molar-refractivity contribution in [3.8, 4) is 5.75 Å². The van der Waals surface area contributed by atoms with Crippen LogP contribution in [-0.2, 0) is 11.2 Å². The summed E-state index contributed by atoms with van der Waals surface area (Å²) in [5.41, 5.74) is 7.76. The molecule has 3 rings (SSSR count). The number of likely N-dealkylation sites (N-methyl/N-ethyl adjacent to an activating group) is 1. The monoisotopic (exact) mass is 385 g/mol. The minimum Gasteiger partial charge on any atom is -0.489 e. The Kier molecular flexibility index (Phi) is 5.94. The van der Waals surface area contributed by atoms with Gasteiger partial charge < -0.3 is 20.5 Å². The molecule has 2 aromatic rings. The fraction of sp³-hybridized carbons (Fsp3) is 0.333. The molecule has 3 N–H and O–H groups in total. The molecule has 2 atom stereocenters. The third-order valence-electron chi connectivity index (χ3n) is 4.95. The Morgan fingerprint density at radius 1 is 1.36 bits per heavy atom. The molecule has 0 aromatic heterocycles. The maximum atomic E-state index is 13.6. The lowest BCUT2D eigenvalue weighted by Gasteiger charge is -2.19. The van der Waals surface area contributed by atoms with Gasteiger partial charge in [0.15, 0.2) is 11.6 Å². The van der Waals surface area contributed by atoms with Crippen molar-refractivity contribution in [2.75, 3.05) is 20.2 Å². The molecule has 7 heteroatoms. The molecular weight excluding hydrogens is 361 g/mol. The number of ether oxygens (including phenoxy) is 1. The lowest BCUT2D eigenvalue weighted by Crippen LogP contribution is -2.29. The number of amides is 1. The first kappa shape index (κ1) is 19.8. The number of nitrogens with two attached hydrogens (primary N) is 1. The number of carbonyl (C=O) groups is 1. The van der Waals surface area contributed by atoms with Crippen LogP contribution in [0.3, 0.4) is 0 Å². The smallest absolute Gasteiger partial charge is 0.227 e. The number of aliphatic hydroxyl groups excluding tert-OH is 1. The molecule has 0 bridgehead atoms. The summed E-state index contributed by atoms with van der Waals surface area (Å²) in [4.78, 5) is 18.1. The summed E-state index contributed by atoms with van der Waals surface area (Å²) in [7, 11) is 1.87. The van der Waals surface area contributed by atoms with Crippen LogP contribution >= 0.6 is 0 Å². The van der Waals surface area contributed by atoms with Gasteiger partial charge in [0, 0.05) is 7.05 Å². The predicted molar refractivity (Wildman–Crippen MR) is 105 cm³/mol. The van der Waals surface area contributed by atoms with Gasteiger partial charge >= 0.3 is 0 Å². The molecular formula is C21H24FN3O3. The van der Waals surface area contributed by atoms with E-state index >= 15 is 0 Å². The summed E-state index contributed by atoms with van der Waals surface area (Å²) in [5, 5.41) is 10.1. The largest absolute Gasteiger partial charge is 0.489 e. The topological polar surface area (TPSA) is 88.1 Å². The Hall–Kier alpha value is -2.93. The van der Waals surface area contributed by atoms with Gasteiger partial charge in [-0.2, -0.15) is 0 Å². The third-order valence-corrected chi connectivity index (χ3v) is 4.95. The highest BCUT2D eigenvalue weighted by molar-refractivity contribution is 5.85. The Balaban J connectivity index is 1.65. The highest BCUT2D eigenvalue weighted by Gasteiger charge is 2.35. The molecule has 0 spiro atoms. The fourth-order valence-corrected chi connectivity index (χ4v) is 3.31. The number of aliphatic hydroxyl groups is 1. The second-order valence-corrected chi connectivity index (χ2v) is 6.89. The molecule has 1 amide bonds. The predicted octanol–water partition coefficient (Wildman–Crippen LogP) is 2.37. The number of primary amides is 1. The van der Waals surface area contributed by atoms with Crippen LogP contribution < -0.4 is 10.5 Å².